The molecule has 0 aliphatic heterocycles. The van der Waals surface area contributed by atoms with E-state index in [1.54, 1.807) is 12.1 Å². The molecule has 1 N–H and O–H groups in total. The Labute approximate surface area is 115 Å². The zero-order valence-electron chi connectivity index (χ0n) is 11.9. The quantitative estimate of drug-likeness (QED) is 0.776. The third-order valence-corrected chi connectivity index (χ3v) is 3.71. The number of rotatable bonds is 8. The number of hydrogen-bond acceptors (Lipinski definition) is 2. The second-order valence-corrected chi connectivity index (χ2v) is 5.51. The lowest BCUT2D eigenvalue weighted by Crippen LogP contribution is -2.26. The largest absolute Gasteiger partial charge is 0.494 e. The molecular formula is C16H24FNO. The molecule has 1 saturated carbocycles. The average molecular weight is 265 g/mol. The van der Waals surface area contributed by atoms with Gasteiger partial charge in [-0.3, -0.25) is 0 Å². The first-order valence-corrected chi connectivity index (χ1v) is 7.28. The summed E-state index contributed by atoms with van der Waals surface area (Å²) in [6, 6.07) is 6.05. The summed E-state index contributed by atoms with van der Waals surface area (Å²) >= 11 is 0. The fourth-order valence-electron chi connectivity index (χ4n) is 2.48. The number of ether oxygens (including phenoxy) is 1. The van der Waals surface area contributed by atoms with Crippen molar-refractivity contribution in [2.24, 2.45) is 5.92 Å². The van der Waals surface area contributed by atoms with Crippen LogP contribution in [0.15, 0.2) is 18.2 Å². The molecule has 2 rings (SSSR count). The van der Waals surface area contributed by atoms with E-state index in [1.807, 2.05) is 6.07 Å². The van der Waals surface area contributed by atoms with Crippen LogP contribution in [-0.4, -0.2) is 19.7 Å². The van der Waals surface area contributed by atoms with Crippen LogP contribution in [0, 0.1) is 11.7 Å². The highest BCUT2D eigenvalue weighted by Crippen LogP contribution is 2.23. The molecule has 1 aliphatic rings. The van der Waals surface area contributed by atoms with E-state index in [2.05, 4.69) is 12.2 Å². The van der Waals surface area contributed by atoms with E-state index in [1.165, 1.54) is 32.8 Å². The first kappa shape index (κ1) is 14.3. The van der Waals surface area contributed by atoms with Gasteiger partial charge in [-0.1, -0.05) is 19.4 Å². The molecule has 1 aromatic rings. The molecule has 1 unspecified atom stereocenters. The third-order valence-electron chi connectivity index (χ3n) is 3.71. The van der Waals surface area contributed by atoms with Crippen molar-refractivity contribution in [3.63, 3.8) is 0 Å². The van der Waals surface area contributed by atoms with Crippen molar-refractivity contribution in [3.8, 4) is 5.75 Å². The number of methoxy groups -OCH3 is 1. The van der Waals surface area contributed by atoms with E-state index in [0.717, 1.165) is 24.6 Å². The van der Waals surface area contributed by atoms with Crippen molar-refractivity contribution in [3.05, 3.63) is 29.6 Å². The Morgan fingerprint density at radius 3 is 2.79 bits per heavy atom. The Morgan fingerprint density at radius 1 is 1.42 bits per heavy atom. The molecule has 0 aromatic heterocycles. The Balaban J connectivity index is 1.92. The monoisotopic (exact) mass is 265 g/mol. The lowest BCUT2D eigenvalue weighted by Gasteiger charge is -2.17. The Morgan fingerprint density at radius 2 is 2.21 bits per heavy atom. The highest BCUT2D eigenvalue weighted by Gasteiger charge is 2.21. The second kappa shape index (κ2) is 6.90. The molecule has 106 valence electrons. The van der Waals surface area contributed by atoms with Crippen LogP contribution in [0.2, 0.25) is 0 Å². The summed E-state index contributed by atoms with van der Waals surface area (Å²) in [5, 5.41) is 3.58. The standard InChI is InChI=1S/C16H24FNO/c1-3-4-13(11-18-14-6-7-14)9-12-5-8-16(19-2)15(17)10-12/h5,8,10,13-14,18H,3-4,6-7,9,11H2,1-2H3. The van der Waals surface area contributed by atoms with E-state index in [4.69, 9.17) is 4.74 Å². The van der Waals surface area contributed by atoms with Gasteiger partial charge in [0.1, 0.15) is 0 Å². The van der Waals surface area contributed by atoms with Crippen LogP contribution in [-0.2, 0) is 6.42 Å². The fourth-order valence-corrected chi connectivity index (χ4v) is 2.48. The molecule has 0 amide bonds. The molecule has 2 nitrogen and oxygen atoms in total. The zero-order valence-corrected chi connectivity index (χ0v) is 11.9. The SMILES string of the molecule is CCCC(CNC1CC1)Cc1ccc(OC)c(F)c1. The lowest BCUT2D eigenvalue weighted by atomic mass is 9.94. The maximum Gasteiger partial charge on any atom is 0.165 e. The molecule has 0 heterocycles. The van der Waals surface area contributed by atoms with E-state index < -0.39 is 0 Å². The van der Waals surface area contributed by atoms with Gasteiger partial charge in [0.25, 0.3) is 0 Å². The summed E-state index contributed by atoms with van der Waals surface area (Å²) in [5.41, 5.74) is 1.06. The maximum absolute atomic E-state index is 13.7. The van der Waals surface area contributed by atoms with Crippen LogP contribution < -0.4 is 10.1 Å². The minimum absolute atomic E-state index is 0.259. The van der Waals surface area contributed by atoms with E-state index in [-0.39, 0.29) is 5.82 Å². The van der Waals surface area contributed by atoms with Crippen molar-refractivity contribution in [1.29, 1.82) is 0 Å². The normalized spacial score (nSPS) is 16.4. The fraction of sp³-hybridized carbons (Fsp3) is 0.625. The van der Waals surface area contributed by atoms with Gasteiger partial charge >= 0.3 is 0 Å². The molecule has 1 fully saturated rings. The summed E-state index contributed by atoms with van der Waals surface area (Å²) < 4.78 is 18.6. The van der Waals surface area contributed by atoms with Gasteiger partial charge in [0, 0.05) is 6.04 Å². The minimum Gasteiger partial charge on any atom is -0.494 e. The predicted octanol–water partition coefficient (Wildman–Crippen LogP) is 3.55. The second-order valence-electron chi connectivity index (χ2n) is 5.51. The van der Waals surface area contributed by atoms with Crippen molar-refractivity contribution in [1.82, 2.24) is 5.32 Å². The van der Waals surface area contributed by atoms with Gasteiger partial charge in [0.2, 0.25) is 0 Å². The molecular weight excluding hydrogens is 241 g/mol. The van der Waals surface area contributed by atoms with Crippen LogP contribution >= 0.6 is 0 Å². The highest BCUT2D eigenvalue weighted by atomic mass is 19.1. The maximum atomic E-state index is 13.7. The molecule has 19 heavy (non-hydrogen) atoms. The van der Waals surface area contributed by atoms with Gasteiger partial charge in [-0.25, -0.2) is 4.39 Å². The summed E-state index contributed by atoms with van der Waals surface area (Å²) in [5.74, 6) is 0.663. The van der Waals surface area contributed by atoms with Crippen LogP contribution in [0.25, 0.3) is 0 Å². The van der Waals surface area contributed by atoms with Crippen LogP contribution in [0.5, 0.6) is 5.75 Å². The molecule has 3 heteroatoms. The van der Waals surface area contributed by atoms with Crippen molar-refractivity contribution in [2.75, 3.05) is 13.7 Å². The van der Waals surface area contributed by atoms with Gasteiger partial charge in [-0.05, 0) is 55.8 Å². The molecule has 0 spiro atoms. The molecule has 0 saturated heterocycles. The minimum atomic E-state index is -0.259. The first-order valence-electron chi connectivity index (χ1n) is 7.28. The molecule has 1 atom stereocenters. The summed E-state index contributed by atoms with van der Waals surface area (Å²) in [4.78, 5) is 0. The van der Waals surface area contributed by atoms with Crippen LogP contribution in [0.3, 0.4) is 0 Å². The number of hydrogen-bond donors (Lipinski definition) is 1. The summed E-state index contributed by atoms with van der Waals surface area (Å²) in [6.45, 7) is 3.25. The highest BCUT2D eigenvalue weighted by molar-refractivity contribution is 5.29. The number of benzene rings is 1. The van der Waals surface area contributed by atoms with Crippen molar-refractivity contribution < 1.29 is 9.13 Å². The topological polar surface area (TPSA) is 21.3 Å². The van der Waals surface area contributed by atoms with Crippen molar-refractivity contribution in [2.45, 2.75) is 45.1 Å². The zero-order chi connectivity index (χ0) is 13.7. The Kier molecular flexibility index (Phi) is 5.20. The van der Waals surface area contributed by atoms with E-state index >= 15 is 0 Å². The molecule has 0 radical (unpaired) electrons. The van der Waals surface area contributed by atoms with Gasteiger partial charge in [0.05, 0.1) is 7.11 Å². The Hall–Kier alpha value is -1.09. The van der Waals surface area contributed by atoms with E-state index in [9.17, 15) is 4.39 Å². The molecule has 0 bridgehead atoms. The van der Waals surface area contributed by atoms with Gasteiger partial charge in [0.15, 0.2) is 11.6 Å². The summed E-state index contributed by atoms with van der Waals surface area (Å²) in [6.07, 6.45) is 5.93. The first-order chi connectivity index (χ1) is 9.22. The third kappa shape index (κ3) is 4.50. The number of nitrogens with one attached hydrogen (secondary N) is 1. The van der Waals surface area contributed by atoms with Gasteiger partial charge < -0.3 is 10.1 Å². The smallest absolute Gasteiger partial charge is 0.165 e. The summed E-state index contributed by atoms with van der Waals surface area (Å²) in [7, 11) is 1.50. The molecule has 1 aliphatic carbocycles. The average Bonchev–Trinajstić information content (AvgIpc) is 3.20. The number of halogens is 1. The van der Waals surface area contributed by atoms with Crippen LogP contribution in [0.4, 0.5) is 4.39 Å². The van der Waals surface area contributed by atoms with Gasteiger partial charge in [-0.2, -0.15) is 0 Å². The van der Waals surface area contributed by atoms with Crippen molar-refractivity contribution >= 4 is 0 Å². The lowest BCUT2D eigenvalue weighted by molar-refractivity contribution is 0.385. The predicted molar refractivity (Wildman–Crippen MR) is 76.1 cm³/mol. The Bertz CT molecular complexity index is 404. The molecule has 1 aromatic carbocycles. The van der Waals surface area contributed by atoms with Crippen LogP contribution in [0.1, 0.15) is 38.2 Å². The van der Waals surface area contributed by atoms with E-state index in [0.29, 0.717) is 11.7 Å². The van der Waals surface area contributed by atoms with Gasteiger partial charge in [-0.15, -0.1) is 0 Å².